The molecule has 0 fully saturated rings. The van der Waals surface area contributed by atoms with Crippen molar-refractivity contribution in [3.05, 3.63) is 52.9 Å². The molecule has 7 nitrogen and oxygen atoms in total. The van der Waals surface area contributed by atoms with Crippen molar-refractivity contribution in [3.8, 4) is 11.5 Å². The van der Waals surface area contributed by atoms with E-state index in [2.05, 4.69) is 15.5 Å². The Morgan fingerprint density at radius 1 is 1.22 bits per heavy atom. The van der Waals surface area contributed by atoms with E-state index >= 15 is 0 Å². The van der Waals surface area contributed by atoms with Crippen molar-refractivity contribution in [1.82, 2.24) is 19.9 Å². The van der Waals surface area contributed by atoms with Gasteiger partial charge in [-0.05, 0) is 29.8 Å². The number of benzene rings is 1. The molecule has 0 unspecified atom stereocenters. The van der Waals surface area contributed by atoms with Gasteiger partial charge in [-0.2, -0.15) is 0 Å². The lowest BCUT2D eigenvalue weighted by Gasteiger charge is -2.11. The monoisotopic (exact) mass is 386 g/mol. The van der Waals surface area contributed by atoms with Gasteiger partial charge in [0.1, 0.15) is 5.82 Å². The lowest BCUT2D eigenvalue weighted by Crippen LogP contribution is -2.27. The smallest absolute Gasteiger partial charge is 0.224 e. The van der Waals surface area contributed by atoms with Crippen LogP contribution in [0.4, 0.5) is 0 Å². The maximum absolute atomic E-state index is 12.3. The number of carbonyl (C=O) groups excluding carboxylic acids is 1. The van der Waals surface area contributed by atoms with Gasteiger partial charge in [0.25, 0.3) is 0 Å². The molecular formula is C19H19ClN4O3. The molecule has 1 aromatic carbocycles. The summed E-state index contributed by atoms with van der Waals surface area (Å²) >= 11 is 6.28. The Hall–Kier alpha value is -2.80. The van der Waals surface area contributed by atoms with Crippen molar-refractivity contribution in [2.24, 2.45) is 0 Å². The molecular weight excluding hydrogens is 368 g/mol. The van der Waals surface area contributed by atoms with E-state index in [0.29, 0.717) is 42.7 Å². The molecule has 3 heterocycles. The second-order valence-corrected chi connectivity index (χ2v) is 6.68. The summed E-state index contributed by atoms with van der Waals surface area (Å²) < 4.78 is 13.2. The zero-order valence-electron chi connectivity index (χ0n) is 14.7. The van der Waals surface area contributed by atoms with Crippen molar-refractivity contribution < 1.29 is 14.3 Å². The largest absolute Gasteiger partial charge is 0.489 e. The molecule has 27 heavy (non-hydrogen) atoms. The maximum atomic E-state index is 12.3. The molecule has 0 saturated carbocycles. The van der Waals surface area contributed by atoms with Crippen LogP contribution in [-0.2, 0) is 17.6 Å². The van der Waals surface area contributed by atoms with E-state index in [1.54, 1.807) is 6.07 Å². The molecule has 1 amide bonds. The number of amides is 1. The van der Waals surface area contributed by atoms with Crippen molar-refractivity contribution in [2.75, 3.05) is 19.8 Å². The number of nitrogens with zero attached hydrogens (tertiary/aromatic N) is 3. The first kappa shape index (κ1) is 17.6. The lowest BCUT2D eigenvalue weighted by molar-refractivity contribution is -0.120. The van der Waals surface area contributed by atoms with Crippen molar-refractivity contribution in [2.45, 2.75) is 19.3 Å². The second-order valence-electron chi connectivity index (χ2n) is 6.28. The van der Waals surface area contributed by atoms with Crippen LogP contribution in [0.5, 0.6) is 11.5 Å². The Balaban J connectivity index is 1.35. The van der Waals surface area contributed by atoms with E-state index in [0.717, 1.165) is 23.5 Å². The molecule has 0 aliphatic carbocycles. The molecule has 2 aromatic heterocycles. The molecule has 140 valence electrons. The first-order valence-corrected chi connectivity index (χ1v) is 9.22. The molecule has 0 radical (unpaired) electrons. The predicted molar refractivity (Wildman–Crippen MR) is 100 cm³/mol. The van der Waals surface area contributed by atoms with Crippen LogP contribution in [0.1, 0.15) is 17.8 Å². The first-order chi connectivity index (χ1) is 13.2. The third kappa shape index (κ3) is 3.98. The van der Waals surface area contributed by atoms with Crippen LogP contribution >= 0.6 is 11.6 Å². The summed E-state index contributed by atoms with van der Waals surface area (Å²) in [5.74, 6) is 1.87. The normalized spacial score (nSPS) is 13.4. The van der Waals surface area contributed by atoms with Gasteiger partial charge in [0.15, 0.2) is 17.1 Å². The fourth-order valence-electron chi connectivity index (χ4n) is 3.01. The van der Waals surface area contributed by atoms with E-state index in [9.17, 15) is 4.79 Å². The Kier molecular flexibility index (Phi) is 5.11. The van der Waals surface area contributed by atoms with E-state index < -0.39 is 0 Å². The number of hydrogen-bond acceptors (Lipinski definition) is 5. The highest BCUT2D eigenvalue weighted by atomic mass is 35.5. The molecule has 3 aromatic rings. The van der Waals surface area contributed by atoms with Crippen LogP contribution in [0.2, 0.25) is 5.02 Å². The summed E-state index contributed by atoms with van der Waals surface area (Å²) in [7, 11) is 0. The van der Waals surface area contributed by atoms with Crippen molar-refractivity contribution in [3.63, 3.8) is 0 Å². The maximum Gasteiger partial charge on any atom is 0.224 e. The number of ether oxygens (including phenoxy) is 2. The summed E-state index contributed by atoms with van der Waals surface area (Å²) in [6.07, 6.45) is 3.53. The third-order valence-electron chi connectivity index (χ3n) is 4.28. The molecule has 0 bridgehead atoms. The van der Waals surface area contributed by atoms with Gasteiger partial charge in [0, 0.05) is 25.6 Å². The minimum atomic E-state index is -0.0885. The number of rotatable bonds is 5. The summed E-state index contributed by atoms with van der Waals surface area (Å²) in [6, 6.07) is 9.30. The standard InChI is InChI=1S/C19H19ClN4O3/c20-14-10-13(11-15-19(14)27-9-3-8-26-15)12-18(25)21-6-5-17-23-22-16-4-1-2-7-24(16)17/h1-2,4,7,10-11H,3,5-6,8-9,12H2,(H,21,25). The van der Waals surface area contributed by atoms with Gasteiger partial charge in [0.2, 0.25) is 5.91 Å². The third-order valence-corrected chi connectivity index (χ3v) is 4.56. The van der Waals surface area contributed by atoms with E-state index in [-0.39, 0.29) is 12.3 Å². The summed E-state index contributed by atoms with van der Waals surface area (Å²) in [5, 5.41) is 11.6. The van der Waals surface area contributed by atoms with Crippen LogP contribution in [0.15, 0.2) is 36.5 Å². The molecule has 0 spiro atoms. The molecule has 4 rings (SSSR count). The highest BCUT2D eigenvalue weighted by Gasteiger charge is 2.17. The molecule has 8 heteroatoms. The van der Waals surface area contributed by atoms with Crippen LogP contribution in [0, 0.1) is 0 Å². The van der Waals surface area contributed by atoms with Gasteiger partial charge < -0.3 is 14.8 Å². The molecule has 0 saturated heterocycles. The summed E-state index contributed by atoms with van der Waals surface area (Å²) in [4.78, 5) is 12.3. The molecule has 0 atom stereocenters. The molecule has 1 N–H and O–H groups in total. The van der Waals surface area contributed by atoms with E-state index in [1.807, 2.05) is 34.9 Å². The fourth-order valence-corrected chi connectivity index (χ4v) is 3.30. The quantitative estimate of drug-likeness (QED) is 0.728. The SMILES string of the molecule is O=C(Cc1cc(Cl)c2c(c1)OCCCO2)NCCc1nnc2ccccn12. The first-order valence-electron chi connectivity index (χ1n) is 8.84. The minimum absolute atomic E-state index is 0.0885. The Bertz CT molecular complexity index is 973. The lowest BCUT2D eigenvalue weighted by atomic mass is 10.1. The average molecular weight is 387 g/mol. The topological polar surface area (TPSA) is 77.8 Å². The van der Waals surface area contributed by atoms with Gasteiger partial charge in [-0.3, -0.25) is 9.20 Å². The van der Waals surface area contributed by atoms with Gasteiger partial charge >= 0.3 is 0 Å². The number of hydrogen-bond donors (Lipinski definition) is 1. The summed E-state index contributed by atoms with van der Waals surface area (Å²) in [6.45, 7) is 1.63. The highest BCUT2D eigenvalue weighted by molar-refractivity contribution is 6.32. The zero-order chi connectivity index (χ0) is 18.6. The van der Waals surface area contributed by atoms with Gasteiger partial charge in [0.05, 0.1) is 24.7 Å². The summed E-state index contributed by atoms with van der Waals surface area (Å²) in [5.41, 5.74) is 1.58. The van der Waals surface area contributed by atoms with Crippen LogP contribution in [-0.4, -0.2) is 40.3 Å². The number of halogens is 1. The Labute approximate surface area is 161 Å². The van der Waals surface area contributed by atoms with Crippen LogP contribution < -0.4 is 14.8 Å². The van der Waals surface area contributed by atoms with Crippen LogP contribution in [0.25, 0.3) is 5.65 Å². The second kappa shape index (κ2) is 7.84. The fraction of sp³-hybridized carbons (Fsp3) is 0.316. The Morgan fingerprint density at radius 3 is 3.04 bits per heavy atom. The van der Waals surface area contributed by atoms with Gasteiger partial charge in [-0.25, -0.2) is 0 Å². The van der Waals surface area contributed by atoms with Crippen LogP contribution in [0.3, 0.4) is 0 Å². The number of fused-ring (bicyclic) bond motifs is 2. The molecule has 1 aliphatic rings. The number of pyridine rings is 1. The average Bonchev–Trinajstić information content (AvgIpc) is 2.90. The van der Waals surface area contributed by atoms with Crippen molar-refractivity contribution >= 4 is 23.2 Å². The molecule has 1 aliphatic heterocycles. The predicted octanol–water partition coefficient (Wildman–Crippen LogP) is 2.45. The zero-order valence-corrected chi connectivity index (χ0v) is 15.4. The Morgan fingerprint density at radius 2 is 2.11 bits per heavy atom. The van der Waals surface area contributed by atoms with Gasteiger partial charge in [-0.1, -0.05) is 17.7 Å². The van der Waals surface area contributed by atoms with E-state index in [1.165, 1.54) is 0 Å². The minimum Gasteiger partial charge on any atom is -0.489 e. The highest BCUT2D eigenvalue weighted by Crippen LogP contribution is 2.38. The van der Waals surface area contributed by atoms with Crippen molar-refractivity contribution in [1.29, 1.82) is 0 Å². The number of carbonyl (C=O) groups is 1. The number of nitrogens with one attached hydrogen (secondary N) is 1. The van der Waals surface area contributed by atoms with Gasteiger partial charge in [-0.15, -0.1) is 10.2 Å². The van der Waals surface area contributed by atoms with E-state index in [4.69, 9.17) is 21.1 Å². The number of aromatic nitrogens is 3.